The van der Waals surface area contributed by atoms with Crippen LogP contribution in [0.5, 0.6) is 5.75 Å². The number of likely N-dealkylation sites (tertiary alicyclic amines) is 1. The summed E-state index contributed by atoms with van der Waals surface area (Å²) in [6, 6.07) is 6.78. The van der Waals surface area contributed by atoms with Crippen LogP contribution in [0.1, 0.15) is 162 Å². The van der Waals surface area contributed by atoms with Crippen molar-refractivity contribution in [3.8, 4) is 5.75 Å². The molecule has 2 unspecified atom stereocenters. The average molecular weight is 745 g/mol. The van der Waals surface area contributed by atoms with Crippen LogP contribution in [0.25, 0.3) is 0 Å². The fraction of sp³-hybridized carbons (Fsp3) is 0.761. The highest BCUT2D eigenvalue weighted by Gasteiger charge is 2.18. The first-order valence-corrected chi connectivity index (χ1v) is 21.3. The first-order chi connectivity index (χ1) is 25.5. The van der Waals surface area contributed by atoms with Gasteiger partial charge in [-0.25, -0.2) is 0 Å². The third-order valence-corrected chi connectivity index (χ3v) is 9.34. The van der Waals surface area contributed by atoms with E-state index in [1.54, 1.807) is 0 Å². The molecule has 7 heteroatoms. The van der Waals surface area contributed by atoms with Crippen LogP contribution in [0.3, 0.4) is 0 Å². The van der Waals surface area contributed by atoms with Crippen LogP contribution in [0.15, 0.2) is 42.8 Å². The molecule has 0 saturated carbocycles. The molecule has 0 radical (unpaired) electrons. The van der Waals surface area contributed by atoms with Crippen LogP contribution in [0, 0.1) is 5.41 Å². The molecule has 7 nitrogen and oxygen atoms in total. The highest BCUT2D eigenvalue weighted by Crippen LogP contribution is 2.29. The number of ether oxygens (including phenoxy) is 3. The molecule has 0 aliphatic carbocycles. The summed E-state index contributed by atoms with van der Waals surface area (Å²) >= 11 is 0. The molecule has 1 aromatic rings. The molecule has 0 spiro atoms. The Morgan fingerprint density at radius 3 is 2.17 bits per heavy atom. The van der Waals surface area contributed by atoms with Gasteiger partial charge in [0.25, 0.3) is 0 Å². The number of aliphatic hydroxyl groups excluding tert-OH is 1. The Bertz CT molecular complexity index is 1040. The van der Waals surface area contributed by atoms with Gasteiger partial charge in [0.15, 0.2) is 0 Å². The lowest BCUT2D eigenvalue weighted by atomic mass is 9.89. The Labute approximate surface area is 327 Å². The molecule has 1 aromatic carbocycles. The predicted molar refractivity (Wildman–Crippen MR) is 227 cm³/mol. The summed E-state index contributed by atoms with van der Waals surface area (Å²) in [6.07, 6.45) is 19.9. The van der Waals surface area contributed by atoms with E-state index < -0.39 is 0 Å². The zero-order valence-electron chi connectivity index (χ0n) is 35.9. The van der Waals surface area contributed by atoms with Gasteiger partial charge in [-0.15, -0.1) is 0 Å². The van der Waals surface area contributed by atoms with E-state index in [9.17, 15) is 9.90 Å². The number of hydrogen-bond donors (Lipinski definition) is 2. The molecule has 2 rings (SSSR count). The Morgan fingerprint density at radius 1 is 0.887 bits per heavy atom. The molecule has 1 saturated heterocycles. The fourth-order valence-electron chi connectivity index (χ4n) is 6.32. The third-order valence-electron chi connectivity index (χ3n) is 9.34. The van der Waals surface area contributed by atoms with Crippen molar-refractivity contribution in [2.45, 2.75) is 176 Å². The van der Waals surface area contributed by atoms with Gasteiger partial charge in [-0.05, 0) is 107 Å². The van der Waals surface area contributed by atoms with Crippen molar-refractivity contribution in [1.29, 1.82) is 0 Å². The topological polar surface area (TPSA) is 80.3 Å². The van der Waals surface area contributed by atoms with Crippen molar-refractivity contribution in [3.63, 3.8) is 0 Å². The van der Waals surface area contributed by atoms with Gasteiger partial charge in [0.05, 0.1) is 32.0 Å². The Kier molecular flexibility index (Phi) is 31.8. The van der Waals surface area contributed by atoms with E-state index in [1.165, 1.54) is 61.0 Å². The molecule has 1 aliphatic heterocycles. The van der Waals surface area contributed by atoms with Gasteiger partial charge in [0, 0.05) is 43.9 Å². The van der Waals surface area contributed by atoms with Crippen molar-refractivity contribution < 1.29 is 24.1 Å². The molecule has 1 heterocycles. The minimum absolute atomic E-state index is 0.0165. The predicted octanol–water partition coefficient (Wildman–Crippen LogP) is 11.0. The molecule has 308 valence electrons. The molecule has 0 aromatic heterocycles. The van der Waals surface area contributed by atoms with E-state index in [2.05, 4.69) is 76.2 Å². The summed E-state index contributed by atoms with van der Waals surface area (Å²) in [6.45, 7) is 28.0. The first kappa shape index (κ1) is 50.8. The molecular weight excluding hydrogens is 661 g/mol. The molecule has 2 atom stereocenters. The maximum Gasteiger partial charge on any atom is 0.122 e. The SMILES string of the molecule is C=C1CCC(=C)N1CCCCCC=O.CC.CCCC(O)CC(C)Oc1ccc(CCCCCCOCCOCCNC)cc1CCCCC(C)(C)C. The molecule has 0 bridgehead atoms. The molecular formula is C46H84N2O5. The number of aryl methyl sites for hydroxylation is 2. The number of aliphatic hydroxyl groups is 1. The van der Waals surface area contributed by atoms with Gasteiger partial charge < -0.3 is 34.3 Å². The number of nitrogens with zero attached hydrogens (tertiary/aromatic N) is 1. The van der Waals surface area contributed by atoms with Crippen molar-refractivity contribution >= 4 is 6.29 Å². The third kappa shape index (κ3) is 28.0. The summed E-state index contributed by atoms with van der Waals surface area (Å²) < 4.78 is 17.5. The molecule has 1 fully saturated rings. The number of unbranched alkanes of at least 4 members (excludes halogenated alkanes) is 7. The number of hydrogen-bond acceptors (Lipinski definition) is 7. The van der Waals surface area contributed by atoms with E-state index in [0.29, 0.717) is 31.5 Å². The standard InChI is InChI=1S/C32H59NO4.C12H19NO.C2H6/c1-7-14-30(34)25-27(2)37-31-18-17-28(26-29(31)16-11-12-19-32(3,4)5)15-10-8-9-13-21-35-23-24-36-22-20-33-6;1-11-7-8-12(2)13(11)9-5-3-4-6-10-14;1-2/h17-18,26-27,30,33-34H,7-16,19-25H2,1-6H3;10H,1-9H2;1-2H3. The van der Waals surface area contributed by atoms with Gasteiger partial charge in [-0.2, -0.15) is 0 Å². The Hall–Kier alpha value is -2.19. The quantitative estimate of drug-likeness (QED) is 0.0624. The number of nitrogens with one attached hydrogen (secondary N) is 1. The number of carbonyl (C=O) groups is 1. The van der Waals surface area contributed by atoms with Gasteiger partial charge in [-0.1, -0.05) is 98.9 Å². The van der Waals surface area contributed by atoms with Gasteiger partial charge in [0.1, 0.15) is 12.0 Å². The maximum absolute atomic E-state index is 10.2. The summed E-state index contributed by atoms with van der Waals surface area (Å²) in [5.74, 6) is 1.00. The number of allylic oxidation sites excluding steroid dienone is 2. The smallest absolute Gasteiger partial charge is 0.122 e. The Balaban J connectivity index is 0.00000140. The van der Waals surface area contributed by atoms with Crippen molar-refractivity contribution in [2.24, 2.45) is 5.41 Å². The van der Waals surface area contributed by atoms with Crippen molar-refractivity contribution in [2.75, 3.05) is 46.6 Å². The van der Waals surface area contributed by atoms with Gasteiger partial charge in [-0.3, -0.25) is 0 Å². The number of carbonyl (C=O) groups excluding carboxylic acids is 1. The Morgan fingerprint density at radius 2 is 1.53 bits per heavy atom. The zero-order valence-corrected chi connectivity index (χ0v) is 35.9. The van der Waals surface area contributed by atoms with Crippen molar-refractivity contribution in [3.05, 3.63) is 53.9 Å². The number of rotatable bonds is 29. The van der Waals surface area contributed by atoms with E-state index in [4.69, 9.17) is 14.2 Å². The second kappa shape index (κ2) is 33.2. The van der Waals surface area contributed by atoms with Crippen LogP contribution in [-0.2, 0) is 27.1 Å². The van der Waals surface area contributed by atoms with Gasteiger partial charge >= 0.3 is 0 Å². The highest BCUT2D eigenvalue weighted by atomic mass is 16.5. The first-order valence-electron chi connectivity index (χ1n) is 21.3. The minimum Gasteiger partial charge on any atom is -0.490 e. The number of benzene rings is 1. The monoisotopic (exact) mass is 745 g/mol. The van der Waals surface area contributed by atoms with Crippen LogP contribution < -0.4 is 10.1 Å². The van der Waals surface area contributed by atoms with Gasteiger partial charge in [0.2, 0.25) is 0 Å². The largest absolute Gasteiger partial charge is 0.490 e. The minimum atomic E-state index is -0.281. The lowest BCUT2D eigenvalue weighted by molar-refractivity contribution is -0.107. The molecule has 1 aliphatic rings. The average Bonchev–Trinajstić information content (AvgIpc) is 3.44. The summed E-state index contributed by atoms with van der Waals surface area (Å²) in [7, 11) is 1.93. The number of likely N-dealkylation sites (N-methyl/N-ethyl adjacent to an activating group) is 1. The second-order valence-corrected chi connectivity index (χ2v) is 15.6. The maximum atomic E-state index is 10.2. The highest BCUT2D eigenvalue weighted by molar-refractivity contribution is 5.48. The fourth-order valence-corrected chi connectivity index (χ4v) is 6.32. The molecule has 2 N–H and O–H groups in total. The van der Waals surface area contributed by atoms with Crippen LogP contribution >= 0.6 is 0 Å². The second-order valence-electron chi connectivity index (χ2n) is 15.6. The van der Waals surface area contributed by atoms with Crippen LogP contribution in [-0.4, -0.2) is 75.1 Å². The number of aldehydes is 1. The van der Waals surface area contributed by atoms with E-state index >= 15 is 0 Å². The van der Waals surface area contributed by atoms with E-state index in [1.807, 2.05) is 20.9 Å². The summed E-state index contributed by atoms with van der Waals surface area (Å²) in [5.41, 5.74) is 5.52. The molecule has 53 heavy (non-hydrogen) atoms. The summed E-state index contributed by atoms with van der Waals surface area (Å²) in [4.78, 5) is 12.3. The van der Waals surface area contributed by atoms with E-state index in [-0.39, 0.29) is 12.2 Å². The van der Waals surface area contributed by atoms with Crippen LogP contribution in [0.2, 0.25) is 0 Å². The molecule has 0 amide bonds. The summed E-state index contributed by atoms with van der Waals surface area (Å²) in [5, 5.41) is 13.3. The lowest BCUT2D eigenvalue weighted by Crippen LogP contribution is -2.21. The van der Waals surface area contributed by atoms with Crippen molar-refractivity contribution in [1.82, 2.24) is 10.2 Å². The zero-order chi connectivity index (χ0) is 39.7. The van der Waals surface area contributed by atoms with E-state index in [0.717, 1.165) is 103 Å². The normalized spacial score (nSPS) is 13.9. The van der Waals surface area contributed by atoms with Crippen LogP contribution in [0.4, 0.5) is 0 Å². The lowest BCUT2D eigenvalue weighted by Gasteiger charge is -2.21.